The van der Waals surface area contributed by atoms with Crippen molar-refractivity contribution >= 4 is 11.6 Å². The summed E-state index contributed by atoms with van der Waals surface area (Å²) in [7, 11) is 1.68. The van der Waals surface area contributed by atoms with Crippen LogP contribution < -0.4 is 0 Å². The topological polar surface area (TPSA) is 35.3 Å². The smallest absolute Gasteiger partial charge is 0.181 e. The molecule has 1 aromatic heterocycles. The Morgan fingerprint density at radius 3 is 2.85 bits per heavy atom. The lowest BCUT2D eigenvalue weighted by Gasteiger charge is -2.21. The third-order valence-electron chi connectivity index (χ3n) is 1.99. The maximum absolute atomic E-state index is 5.68. The summed E-state index contributed by atoms with van der Waals surface area (Å²) in [5, 5.41) is 0. The van der Waals surface area contributed by atoms with Gasteiger partial charge in [-0.05, 0) is 13.8 Å². The van der Waals surface area contributed by atoms with Crippen LogP contribution in [0.3, 0.4) is 0 Å². The first-order valence-electron chi connectivity index (χ1n) is 4.11. The standard InChI is InChI=1S/C9H14ClNO2/c1-9(2,12-3)4-8-7(5-10)11-6-13-8/h6H,4-5H2,1-3H3. The fourth-order valence-corrected chi connectivity index (χ4v) is 1.22. The van der Waals surface area contributed by atoms with Gasteiger partial charge in [0.05, 0.1) is 17.2 Å². The minimum absolute atomic E-state index is 0.236. The highest BCUT2D eigenvalue weighted by Gasteiger charge is 2.21. The molecule has 0 unspecified atom stereocenters. The van der Waals surface area contributed by atoms with Gasteiger partial charge in [-0.15, -0.1) is 11.6 Å². The number of aromatic nitrogens is 1. The van der Waals surface area contributed by atoms with Crippen molar-refractivity contribution in [1.29, 1.82) is 0 Å². The molecule has 74 valence electrons. The largest absolute Gasteiger partial charge is 0.448 e. The molecule has 0 spiro atoms. The molecule has 3 nitrogen and oxygen atoms in total. The zero-order chi connectivity index (χ0) is 9.90. The second-order valence-electron chi connectivity index (χ2n) is 3.50. The van der Waals surface area contributed by atoms with Crippen molar-refractivity contribution in [2.75, 3.05) is 7.11 Å². The zero-order valence-electron chi connectivity index (χ0n) is 8.13. The van der Waals surface area contributed by atoms with Crippen LogP contribution in [0, 0.1) is 0 Å². The van der Waals surface area contributed by atoms with Gasteiger partial charge >= 0.3 is 0 Å². The van der Waals surface area contributed by atoms with Gasteiger partial charge in [0.15, 0.2) is 6.39 Å². The number of halogens is 1. The Bertz CT molecular complexity index is 270. The van der Waals surface area contributed by atoms with Crippen LogP contribution >= 0.6 is 11.6 Å². The molecule has 0 aromatic carbocycles. The molecule has 0 aliphatic carbocycles. The van der Waals surface area contributed by atoms with Gasteiger partial charge in [0.1, 0.15) is 5.76 Å². The van der Waals surface area contributed by atoms with Crippen molar-refractivity contribution in [3.63, 3.8) is 0 Å². The molecule has 0 radical (unpaired) electrons. The van der Waals surface area contributed by atoms with E-state index in [2.05, 4.69) is 4.98 Å². The van der Waals surface area contributed by atoms with Gasteiger partial charge in [0.2, 0.25) is 0 Å². The quantitative estimate of drug-likeness (QED) is 0.705. The molecule has 0 saturated carbocycles. The molecule has 1 aromatic rings. The van der Waals surface area contributed by atoms with Crippen LogP contribution in [-0.2, 0) is 17.0 Å². The molecule has 0 atom stereocenters. The van der Waals surface area contributed by atoms with E-state index in [-0.39, 0.29) is 5.60 Å². The van der Waals surface area contributed by atoms with E-state index in [0.717, 1.165) is 11.5 Å². The van der Waals surface area contributed by atoms with E-state index < -0.39 is 0 Å². The van der Waals surface area contributed by atoms with Gasteiger partial charge in [-0.2, -0.15) is 0 Å². The summed E-state index contributed by atoms with van der Waals surface area (Å²) in [6, 6.07) is 0. The van der Waals surface area contributed by atoms with Crippen molar-refractivity contribution < 1.29 is 9.15 Å². The van der Waals surface area contributed by atoms with Gasteiger partial charge in [0, 0.05) is 13.5 Å². The molecule has 0 bridgehead atoms. The van der Waals surface area contributed by atoms with E-state index in [0.29, 0.717) is 12.3 Å². The van der Waals surface area contributed by atoms with Gasteiger partial charge < -0.3 is 9.15 Å². The zero-order valence-corrected chi connectivity index (χ0v) is 8.89. The minimum atomic E-state index is -0.236. The van der Waals surface area contributed by atoms with Crippen molar-refractivity contribution in [3.8, 4) is 0 Å². The van der Waals surface area contributed by atoms with Crippen LogP contribution in [-0.4, -0.2) is 17.7 Å². The summed E-state index contributed by atoms with van der Waals surface area (Å²) in [5.74, 6) is 1.19. The molecule has 0 aliphatic heterocycles. The molecule has 1 heterocycles. The predicted molar refractivity (Wildman–Crippen MR) is 50.9 cm³/mol. The van der Waals surface area contributed by atoms with Crippen molar-refractivity contribution in [2.24, 2.45) is 0 Å². The SMILES string of the molecule is COC(C)(C)Cc1ocnc1CCl. The average Bonchev–Trinajstić information content (AvgIpc) is 2.51. The summed E-state index contributed by atoms with van der Waals surface area (Å²) in [4.78, 5) is 4.00. The normalized spacial score (nSPS) is 12.0. The van der Waals surface area contributed by atoms with E-state index in [4.69, 9.17) is 20.8 Å². The van der Waals surface area contributed by atoms with E-state index in [9.17, 15) is 0 Å². The Morgan fingerprint density at radius 2 is 2.31 bits per heavy atom. The monoisotopic (exact) mass is 203 g/mol. The van der Waals surface area contributed by atoms with Gasteiger partial charge in [-0.1, -0.05) is 0 Å². The Balaban J connectivity index is 2.73. The first-order chi connectivity index (χ1) is 6.09. The van der Waals surface area contributed by atoms with E-state index >= 15 is 0 Å². The summed E-state index contributed by atoms with van der Waals surface area (Å²) < 4.78 is 10.5. The molecule has 4 heteroatoms. The third-order valence-corrected chi connectivity index (χ3v) is 2.24. The lowest BCUT2D eigenvalue weighted by Crippen LogP contribution is -2.25. The maximum atomic E-state index is 5.68. The number of methoxy groups -OCH3 is 1. The van der Waals surface area contributed by atoms with Gasteiger partial charge in [0.25, 0.3) is 0 Å². The number of hydrogen-bond donors (Lipinski definition) is 0. The van der Waals surface area contributed by atoms with Gasteiger partial charge in [-0.25, -0.2) is 4.98 Å². The van der Waals surface area contributed by atoms with Crippen LogP contribution in [0.4, 0.5) is 0 Å². The second-order valence-corrected chi connectivity index (χ2v) is 3.76. The summed E-state index contributed by atoms with van der Waals surface area (Å²) >= 11 is 5.68. The first-order valence-corrected chi connectivity index (χ1v) is 4.65. The molecular formula is C9H14ClNO2. The van der Waals surface area contributed by atoms with Crippen LogP contribution in [0.2, 0.25) is 0 Å². The van der Waals surface area contributed by atoms with Crippen LogP contribution in [0.1, 0.15) is 25.3 Å². The molecular weight excluding hydrogens is 190 g/mol. The van der Waals surface area contributed by atoms with Crippen LogP contribution in [0.25, 0.3) is 0 Å². The number of hydrogen-bond acceptors (Lipinski definition) is 3. The van der Waals surface area contributed by atoms with Crippen molar-refractivity contribution in [2.45, 2.75) is 31.7 Å². The first kappa shape index (κ1) is 10.5. The fraction of sp³-hybridized carbons (Fsp3) is 0.667. The number of oxazole rings is 1. The maximum Gasteiger partial charge on any atom is 0.181 e. The van der Waals surface area contributed by atoms with Crippen LogP contribution in [0.15, 0.2) is 10.8 Å². The lowest BCUT2D eigenvalue weighted by molar-refractivity contribution is 0.0190. The third kappa shape index (κ3) is 2.71. The molecule has 13 heavy (non-hydrogen) atoms. The number of nitrogens with zero attached hydrogens (tertiary/aromatic N) is 1. The summed E-state index contributed by atoms with van der Waals surface area (Å²) in [5.41, 5.74) is 0.562. The Morgan fingerprint density at radius 1 is 1.62 bits per heavy atom. The van der Waals surface area contributed by atoms with Crippen molar-refractivity contribution in [1.82, 2.24) is 4.98 Å². The molecule has 0 amide bonds. The minimum Gasteiger partial charge on any atom is -0.448 e. The lowest BCUT2D eigenvalue weighted by atomic mass is 10.0. The summed E-state index contributed by atoms with van der Waals surface area (Å²) in [6.45, 7) is 3.99. The highest BCUT2D eigenvalue weighted by atomic mass is 35.5. The molecule has 0 fully saturated rings. The second kappa shape index (κ2) is 4.11. The molecule has 0 N–H and O–H groups in total. The molecule has 0 saturated heterocycles. The fourth-order valence-electron chi connectivity index (χ4n) is 1.01. The Labute approximate surface area is 83.1 Å². The van der Waals surface area contributed by atoms with E-state index in [1.807, 2.05) is 13.8 Å². The Kier molecular flexibility index (Phi) is 3.33. The van der Waals surface area contributed by atoms with Gasteiger partial charge in [-0.3, -0.25) is 0 Å². The molecule has 0 aliphatic rings. The van der Waals surface area contributed by atoms with Crippen LogP contribution in [0.5, 0.6) is 0 Å². The van der Waals surface area contributed by atoms with E-state index in [1.54, 1.807) is 7.11 Å². The number of rotatable bonds is 4. The van der Waals surface area contributed by atoms with Crippen molar-refractivity contribution in [3.05, 3.63) is 17.8 Å². The highest BCUT2D eigenvalue weighted by Crippen LogP contribution is 2.19. The summed E-state index contributed by atoms with van der Waals surface area (Å²) in [6.07, 6.45) is 2.10. The number of alkyl halides is 1. The molecule has 1 rings (SSSR count). The predicted octanol–water partition coefficient (Wildman–Crippen LogP) is 2.38. The van der Waals surface area contributed by atoms with E-state index in [1.165, 1.54) is 6.39 Å². The highest BCUT2D eigenvalue weighted by molar-refractivity contribution is 6.16. The Hall–Kier alpha value is -0.540. The average molecular weight is 204 g/mol. The number of ether oxygens (including phenoxy) is 1.